The van der Waals surface area contributed by atoms with Crippen LogP contribution in [0.4, 0.5) is 9.93 Å². The number of thiophene rings is 1. The molecule has 3 aromatic heterocycles. The lowest BCUT2D eigenvalue weighted by Gasteiger charge is -2.08. The Bertz CT molecular complexity index is 769. The van der Waals surface area contributed by atoms with Crippen molar-refractivity contribution >= 4 is 33.8 Å². The van der Waals surface area contributed by atoms with Crippen molar-refractivity contribution in [3.63, 3.8) is 0 Å². The van der Waals surface area contributed by atoms with E-state index in [2.05, 4.69) is 25.6 Å². The van der Waals surface area contributed by atoms with Crippen molar-refractivity contribution in [1.82, 2.24) is 20.3 Å². The van der Waals surface area contributed by atoms with E-state index in [4.69, 9.17) is 0 Å². The molecule has 0 saturated carbocycles. The normalized spacial score (nSPS) is 10.4. The number of carbonyl (C=O) groups excluding carboxylic acids is 1. The maximum Gasteiger partial charge on any atom is 0.321 e. The lowest BCUT2D eigenvalue weighted by Crippen LogP contribution is -2.28. The van der Waals surface area contributed by atoms with E-state index in [-0.39, 0.29) is 6.03 Å². The summed E-state index contributed by atoms with van der Waals surface area (Å²) in [6.45, 7) is 2.18. The molecule has 0 bridgehead atoms. The molecule has 2 N–H and O–H groups in total. The third-order valence-corrected chi connectivity index (χ3v) is 4.38. The molecular formula is C14H13N5OS2. The zero-order valence-electron chi connectivity index (χ0n) is 11.7. The maximum atomic E-state index is 11.9. The minimum atomic E-state index is -0.309. The highest BCUT2D eigenvalue weighted by Crippen LogP contribution is 2.22. The van der Waals surface area contributed by atoms with Crippen LogP contribution in [0.2, 0.25) is 0 Å². The summed E-state index contributed by atoms with van der Waals surface area (Å²) in [5, 5.41) is 11.9. The first-order valence-corrected chi connectivity index (χ1v) is 8.34. The molecule has 0 aliphatic heterocycles. The number of hydrogen-bond donors (Lipinski definition) is 2. The quantitative estimate of drug-likeness (QED) is 0.769. The van der Waals surface area contributed by atoms with Crippen LogP contribution in [0.3, 0.4) is 0 Å². The summed E-state index contributed by atoms with van der Waals surface area (Å²) < 4.78 is 0. The molecule has 6 nitrogen and oxygen atoms in total. The van der Waals surface area contributed by atoms with E-state index in [1.807, 2.05) is 29.1 Å². The van der Waals surface area contributed by atoms with Gasteiger partial charge in [0.05, 0.1) is 23.6 Å². The molecule has 112 valence electrons. The Morgan fingerprint density at radius 1 is 1.27 bits per heavy atom. The van der Waals surface area contributed by atoms with Gasteiger partial charge in [0.1, 0.15) is 0 Å². The van der Waals surface area contributed by atoms with Crippen LogP contribution in [0, 0.1) is 6.92 Å². The van der Waals surface area contributed by atoms with E-state index in [0.717, 1.165) is 22.6 Å². The molecule has 2 amide bonds. The fourth-order valence-electron chi connectivity index (χ4n) is 1.85. The molecule has 0 saturated heterocycles. The SMILES string of the molecule is Cc1csc(NC(=O)NCc2nccnc2-c2ccsc2)n1. The lowest BCUT2D eigenvalue weighted by molar-refractivity contribution is 0.251. The number of carbonyl (C=O) groups is 1. The summed E-state index contributed by atoms with van der Waals surface area (Å²) in [4.78, 5) is 24.7. The average Bonchev–Trinajstić information content (AvgIpc) is 3.17. The molecular weight excluding hydrogens is 318 g/mol. The number of aryl methyl sites for hydroxylation is 1. The smallest absolute Gasteiger partial charge is 0.321 e. The number of amides is 2. The fourth-order valence-corrected chi connectivity index (χ4v) is 3.18. The Kier molecular flexibility index (Phi) is 4.40. The largest absolute Gasteiger partial charge is 0.332 e. The van der Waals surface area contributed by atoms with Gasteiger partial charge in [-0.25, -0.2) is 9.78 Å². The minimum absolute atomic E-state index is 0.301. The number of nitrogens with zero attached hydrogens (tertiary/aromatic N) is 3. The highest BCUT2D eigenvalue weighted by molar-refractivity contribution is 7.13. The molecule has 3 aromatic rings. The minimum Gasteiger partial charge on any atom is -0.332 e. The first-order valence-electron chi connectivity index (χ1n) is 6.52. The van der Waals surface area contributed by atoms with Crippen molar-refractivity contribution in [3.8, 4) is 11.3 Å². The first kappa shape index (κ1) is 14.6. The molecule has 0 aliphatic rings. The van der Waals surface area contributed by atoms with Crippen molar-refractivity contribution in [2.75, 3.05) is 5.32 Å². The molecule has 22 heavy (non-hydrogen) atoms. The van der Waals surface area contributed by atoms with Crippen LogP contribution in [0.25, 0.3) is 11.3 Å². The lowest BCUT2D eigenvalue weighted by atomic mass is 10.2. The molecule has 0 unspecified atom stereocenters. The van der Waals surface area contributed by atoms with Crippen LogP contribution in [-0.2, 0) is 6.54 Å². The fraction of sp³-hybridized carbons (Fsp3) is 0.143. The Labute approximate surface area is 135 Å². The highest BCUT2D eigenvalue weighted by Gasteiger charge is 2.10. The Balaban J connectivity index is 1.65. The maximum absolute atomic E-state index is 11.9. The first-order chi connectivity index (χ1) is 10.7. The molecule has 0 aromatic carbocycles. The number of thiazole rings is 1. The van der Waals surface area contributed by atoms with Gasteiger partial charge in [-0.3, -0.25) is 15.3 Å². The number of urea groups is 1. The molecule has 0 atom stereocenters. The third-order valence-electron chi connectivity index (χ3n) is 2.82. The van der Waals surface area contributed by atoms with Gasteiger partial charge >= 0.3 is 6.03 Å². The second kappa shape index (κ2) is 6.63. The van der Waals surface area contributed by atoms with Gasteiger partial charge in [-0.15, -0.1) is 11.3 Å². The van der Waals surface area contributed by atoms with E-state index in [1.165, 1.54) is 11.3 Å². The second-order valence-corrected chi connectivity index (χ2v) is 6.10. The van der Waals surface area contributed by atoms with E-state index in [0.29, 0.717) is 11.7 Å². The average molecular weight is 331 g/mol. The van der Waals surface area contributed by atoms with E-state index < -0.39 is 0 Å². The number of anilines is 1. The standard InChI is InChI=1S/C14H13N5OS2/c1-9-7-22-14(18-9)19-13(20)17-6-11-12(16-4-3-15-11)10-2-5-21-8-10/h2-5,7-8H,6H2,1H3,(H2,17,18,19,20). The van der Waals surface area contributed by atoms with Gasteiger partial charge in [-0.1, -0.05) is 0 Å². The Hall–Kier alpha value is -2.32. The van der Waals surface area contributed by atoms with Gasteiger partial charge in [-0.05, 0) is 18.4 Å². The summed E-state index contributed by atoms with van der Waals surface area (Å²) in [6.07, 6.45) is 3.27. The van der Waals surface area contributed by atoms with Gasteiger partial charge in [-0.2, -0.15) is 11.3 Å². The summed E-state index contributed by atoms with van der Waals surface area (Å²) in [5.41, 5.74) is 3.40. The molecule has 3 rings (SSSR count). The van der Waals surface area contributed by atoms with Gasteiger partial charge in [0.15, 0.2) is 5.13 Å². The molecule has 0 radical (unpaired) electrons. The van der Waals surface area contributed by atoms with Crippen LogP contribution in [0.15, 0.2) is 34.6 Å². The third kappa shape index (κ3) is 3.46. The molecule has 8 heteroatoms. The van der Waals surface area contributed by atoms with Crippen LogP contribution >= 0.6 is 22.7 Å². The molecule has 3 heterocycles. The molecule has 0 fully saturated rings. The number of nitrogens with one attached hydrogen (secondary N) is 2. The van der Waals surface area contributed by atoms with Crippen molar-refractivity contribution < 1.29 is 4.79 Å². The summed E-state index contributed by atoms with van der Waals surface area (Å²) in [6, 6.07) is 1.67. The van der Waals surface area contributed by atoms with Crippen molar-refractivity contribution in [2.24, 2.45) is 0 Å². The van der Waals surface area contributed by atoms with Crippen molar-refractivity contribution in [2.45, 2.75) is 13.5 Å². The van der Waals surface area contributed by atoms with Gasteiger partial charge < -0.3 is 5.32 Å². The van der Waals surface area contributed by atoms with E-state index in [9.17, 15) is 4.79 Å². The van der Waals surface area contributed by atoms with Crippen molar-refractivity contribution in [3.05, 3.63) is 46.0 Å². The predicted octanol–water partition coefficient (Wildman–Crippen LogP) is 3.29. The number of hydrogen-bond acceptors (Lipinski definition) is 6. The van der Waals surface area contributed by atoms with E-state index >= 15 is 0 Å². The Morgan fingerprint density at radius 3 is 2.86 bits per heavy atom. The Morgan fingerprint density at radius 2 is 2.14 bits per heavy atom. The molecule has 0 spiro atoms. The van der Waals surface area contributed by atoms with E-state index in [1.54, 1.807) is 23.7 Å². The zero-order chi connectivity index (χ0) is 15.4. The van der Waals surface area contributed by atoms with Gasteiger partial charge in [0.2, 0.25) is 0 Å². The predicted molar refractivity (Wildman–Crippen MR) is 88.1 cm³/mol. The summed E-state index contributed by atoms with van der Waals surface area (Å²) >= 11 is 2.99. The monoisotopic (exact) mass is 331 g/mol. The van der Waals surface area contributed by atoms with Gasteiger partial charge in [0, 0.05) is 28.7 Å². The zero-order valence-corrected chi connectivity index (χ0v) is 13.4. The van der Waals surface area contributed by atoms with Crippen LogP contribution in [0.1, 0.15) is 11.4 Å². The van der Waals surface area contributed by atoms with Crippen LogP contribution < -0.4 is 10.6 Å². The number of rotatable bonds is 4. The number of aromatic nitrogens is 3. The topological polar surface area (TPSA) is 79.8 Å². The second-order valence-electron chi connectivity index (χ2n) is 4.47. The van der Waals surface area contributed by atoms with Gasteiger partial charge in [0.25, 0.3) is 0 Å². The molecule has 0 aliphatic carbocycles. The summed E-state index contributed by atoms with van der Waals surface area (Å²) in [7, 11) is 0. The van der Waals surface area contributed by atoms with Crippen LogP contribution in [-0.4, -0.2) is 21.0 Å². The van der Waals surface area contributed by atoms with Crippen molar-refractivity contribution in [1.29, 1.82) is 0 Å². The van der Waals surface area contributed by atoms with Crippen LogP contribution in [0.5, 0.6) is 0 Å². The highest BCUT2D eigenvalue weighted by atomic mass is 32.1. The summed E-state index contributed by atoms with van der Waals surface area (Å²) in [5.74, 6) is 0.